The fourth-order valence-corrected chi connectivity index (χ4v) is 3.17. The molecule has 2 unspecified atom stereocenters. The van der Waals surface area contributed by atoms with E-state index >= 15 is 0 Å². The van der Waals surface area contributed by atoms with Crippen molar-refractivity contribution >= 4 is 21.7 Å². The van der Waals surface area contributed by atoms with Crippen molar-refractivity contribution in [2.24, 2.45) is 5.92 Å². The number of hydrogen-bond acceptors (Lipinski definition) is 3. The van der Waals surface area contributed by atoms with Crippen LogP contribution in [0, 0.1) is 12.8 Å². The lowest BCUT2D eigenvalue weighted by molar-refractivity contribution is 0.375. The van der Waals surface area contributed by atoms with Crippen LogP contribution in [0.5, 0.6) is 0 Å². The van der Waals surface area contributed by atoms with Gasteiger partial charge in [-0.2, -0.15) is 0 Å². The van der Waals surface area contributed by atoms with Crippen LogP contribution in [0.3, 0.4) is 0 Å². The molecule has 1 aromatic heterocycles. The molecule has 0 bridgehead atoms. The average molecular weight is 296 g/mol. The predicted octanol–water partition coefficient (Wildman–Crippen LogP) is 2.34. The zero-order valence-corrected chi connectivity index (χ0v) is 11.7. The van der Waals surface area contributed by atoms with Crippen LogP contribution in [-0.2, 0) is 0 Å². The van der Waals surface area contributed by atoms with Crippen LogP contribution in [-0.4, -0.2) is 30.7 Å². The fraction of sp³-hybridized carbons (Fsp3) is 0.615. The molecule has 2 fully saturated rings. The third-order valence-corrected chi connectivity index (χ3v) is 4.84. The van der Waals surface area contributed by atoms with E-state index in [1.807, 2.05) is 6.20 Å². The normalized spacial score (nSPS) is 28.2. The Bertz CT molecular complexity index is 421. The summed E-state index contributed by atoms with van der Waals surface area (Å²) in [6.07, 6.45) is 4.49. The third-order valence-electron chi connectivity index (χ3n) is 4.01. The molecule has 0 saturated carbocycles. The molecule has 0 aromatic carbocycles. The van der Waals surface area contributed by atoms with E-state index in [1.54, 1.807) is 0 Å². The largest absolute Gasteiger partial charge is 0.356 e. The van der Waals surface area contributed by atoms with E-state index in [1.165, 1.54) is 24.9 Å². The Hall–Kier alpha value is -0.610. The number of rotatable bonds is 1. The van der Waals surface area contributed by atoms with Gasteiger partial charge < -0.3 is 10.2 Å². The first kappa shape index (κ1) is 11.5. The van der Waals surface area contributed by atoms with Gasteiger partial charge in [0.25, 0.3) is 0 Å². The van der Waals surface area contributed by atoms with E-state index in [0.29, 0.717) is 0 Å². The van der Waals surface area contributed by atoms with Gasteiger partial charge in [-0.1, -0.05) is 0 Å². The number of pyridine rings is 1. The number of hydrogen-bond donors (Lipinski definition) is 1. The molecular weight excluding hydrogens is 278 g/mol. The van der Waals surface area contributed by atoms with Crippen LogP contribution in [0.1, 0.15) is 18.4 Å². The Labute approximate surface area is 111 Å². The van der Waals surface area contributed by atoms with E-state index in [2.05, 4.69) is 44.1 Å². The lowest BCUT2D eigenvalue weighted by Crippen LogP contribution is -2.44. The lowest BCUT2D eigenvalue weighted by Gasteiger charge is -2.35. The van der Waals surface area contributed by atoms with Gasteiger partial charge in [-0.05, 0) is 59.8 Å². The van der Waals surface area contributed by atoms with Crippen molar-refractivity contribution in [1.82, 2.24) is 10.3 Å². The van der Waals surface area contributed by atoms with E-state index in [-0.39, 0.29) is 0 Å². The number of anilines is 1. The molecule has 92 valence electrons. The van der Waals surface area contributed by atoms with Crippen molar-refractivity contribution in [1.29, 1.82) is 0 Å². The van der Waals surface area contributed by atoms with Gasteiger partial charge in [0.1, 0.15) is 5.82 Å². The van der Waals surface area contributed by atoms with Crippen LogP contribution < -0.4 is 10.2 Å². The third kappa shape index (κ3) is 2.20. The number of aromatic nitrogens is 1. The Morgan fingerprint density at radius 2 is 2.35 bits per heavy atom. The summed E-state index contributed by atoms with van der Waals surface area (Å²) >= 11 is 3.51. The van der Waals surface area contributed by atoms with Gasteiger partial charge >= 0.3 is 0 Å². The van der Waals surface area contributed by atoms with Gasteiger partial charge in [0, 0.05) is 29.8 Å². The van der Waals surface area contributed by atoms with Gasteiger partial charge in [0.2, 0.25) is 0 Å². The summed E-state index contributed by atoms with van der Waals surface area (Å²) in [6, 6.07) is 2.94. The summed E-state index contributed by atoms with van der Waals surface area (Å²) < 4.78 is 1.10. The van der Waals surface area contributed by atoms with Crippen molar-refractivity contribution in [3.8, 4) is 0 Å². The van der Waals surface area contributed by atoms with Crippen LogP contribution in [0.4, 0.5) is 5.82 Å². The van der Waals surface area contributed by atoms with Gasteiger partial charge in [-0.15, -0.1) is 0 Å². The Morgan fingerprint density at radius 3 is 3.18 bits per heavy atom. The summed E-state index contributed by atoms with van der Waals surface area (Å²) in [5.41, 5.74) is 1.27. The number of halogens is 1. The summed E-state index contributed by atoms with van der Waals surface area (Å²) in [7, 11) is 0. The van der Waals surface area contributed by atoms with E-state index in [0.717, 1.165) is 35.3 Å². The molecule has 0 radical (unpaired) electrons. The zero-order valence-electron chi connectivity index (χ0n) is 10.1. The second-order valence-corrected chi connectivity index (χ2v) is 5.99. The summed E-state index contributed by atoms with van der Waals surface area (Å²) in [6.45, 7) is 5.60. The maximum absolute atomic E-state index is 4.54. The molecule has 3 nitrogen and oxygen atoms in total. The minimum absolute atomic E-state index is 0.753. The van der Waals surface area contributed by atoms with Crippen molar-refractivity contribution in [3.63, 3.8) is 0 Å². The van der Waals surface area contributed by atoms with Crippen molar-refractivity contribution in [2.75, 3.05) is 24.5 Å². The topological polar surface area (TPSA) is 28.2 Å². The molecule has 17 heavy (non-hydrogen) atoms. The highest BCUT2D eigenvalue weighted by atomic mass is 79.9. The van der Waals surface area contributed by atoms with Crippen molar-refractivity contribution in [2.45, 2.75) is 25.8 Å². The molecule has 2 saturated heterocycles. The van der Waals surface area contributed by atoms with Gasteiger partial charge in [-0.25, -0.2) is 4.98 Å². The SMILES string of the molecule is Cc1cc(N2CCC3NCCC3C2)ncc1Br. The maximum atomic E-state index is 4.54. The standard InChI is InChI=1S/C13H18BrN3/c1-9-6-13(16-7-11(9)14)17-5-3-12-10(8-17)2-4-15-12/h6-7,10,12,15H,2-5,8H2,1H3. The highest BCUT2D eigenvalue weighted by Gasteiger charge is 2.32. The molecule has 3 rings (SSSR count). The molecule has 4 heteroatoms. The first-order chi connectivity index (χ1) is 8.24. The smallest absolute Gasteiger partial charge is 0.128 e. The van der Waals surface area contributed by atoms with Crippen molar-refractivity contribution in [3.05, 3.63) is 22.3 Å². The summed E-state index contributed by atoms with van der Waals surface area (Å²) in [5.74, 6) is 1.95. The fourth-order valence-electron chi connectivity index (χ4n) is 2.95. The van der Waals surface area contributed by atoms with E-state index in [9.17, 15) is 0 Å². The number of piperidine rings is 1. The predicted molar refractivity (Wildman–Crippen MR) is 73.4 cm³/mol. The van der Waals surface area contributed by atoms with Gasteiger partial charge in [-0.3, -0.25) is 0 Å². The number of nitrogens with one attached hydrogen (secondary N) is 1. The molecule has 2 aliphatic rings. The maximum Gasteiger partial charge on any atom is 0.128 e. The molecule has 0 amide bonds. The monoisotopic (exact) mass is 295 g/mol. The molecule has 0 aliphatic carbocycles. The van der Waals surface area contributed by atoms with E-state index in [4.69, 9.17) is 0 Å². The molecular formula is C13H18BrN3. The summed E-state index contributed by atoms with van der Waals surface area (Å²) in [5, 5.41) is 3.60. The quantitative estimate of drug-likeness (QED) is 0.862. The molecule has 0 spiro atoms. The lowest BCUT2D eigenvalue weighted by atomic mass is 9.93. The molecule has 1 aromatic rings. The Kier molecular flexibility index (Phi) is 3.09. The Morgan fingerprint density at radius 1 is 1.47 bits per heavy atom. The second kappa shape index (κ2) is 4.58. The average Bonchev–Trinajstić information content (AvgIpc) is 2.79. The highest BCUT2D eigenvalue weighted by Crippen LogP contribution is 2.28. The van der Waals surface area contributed by atoms with Crippen LogP contribution in [0.25, 0.3) is 0 Å². The van der Waals surface area contributed by atoms with Crippen LogP contribution >= 0.6 is 15.9 Å². The van der Waals surface area contributed by atoms with E-state index < -0.39 is 0 Å². The molecule has 1 N–H and O–H groups in total. The van der Waals surface area contributed by atoms with Crippen LogP contribution in [0.15, 0.2) is 16.7 Å². The number of nitrogens with zero attached hydrogens (tertiary/aromatic N) is 2. The number of aryl methyl sites for hydroxylation is 1. The minimum Gasteiger partial charge on any atom is -0.356 e. The molecule has 3 heterocycles. The van der Waals surface area contributed by atoms with Crippen LogP contribution in [0.2, 0.25) is 0 Å². The molecule has 2 aliphatic heterocycles. The second-order valence-electron chi connectivity index (χ2n) is 5.14. The molecule has 2 atom stereocenters. The number of fused-ring (bicyclic) bond motifs is 1. The Balaban J connectivity index is 1.78. The highest BCUT2D eigenvalue weighted by molar-refractivity contribution is 9.10. The van der Waals surface area contributed by atoms with Crippen molar-refractivity contribution < 1.29 is 0 Å². The minimum atomic E-state index is 0.753. The van der Waals surface area contributed by atoms with Gasteiger partial charge in [0.15, 0.2) is 0 Å². The first-order valence-corrected chi connectivity index (χ1v) is 7.14. The first-order valence-electron chi connectivity index (χ1n) is 6.34. The zero-order chi connectivity index (χ0) is 11.8. The summed E-state index contributed by atoms with van der Waals surface area (Å²) in [4.78, 5) is 6.97. The van der Waals surface area contributed by atoms with Gasteiger partial charge in [0.05, 0.1) is 0 Å².